The number of carbonyl (C=O) groups is 2. The average molecular weight is 330 g/mol. The van der Waals surface area contributed by atoms with Gasteiger partial charge in [0.2, 0.25) is 5.91 Å². The summed E-state index contributed by atoms with van der Waals surface area (Å²) in [7, 11) is 0. The van der Waals surface area contributed by atoms with Crippen molar-refractivity contribution in [2.24, 2.45) is 5.92 Å². The molecule has 0 aromatic heterocycles. The highest BCUT2D eigenvalue weighted by molar-refractivity contribution is 5.94. The molecule has 0 radical (unpaired) electrons. The van der Waals surface area contributed by atoms with E-state index in [1.165, 1.54) is 0 Å². The lowest BCUT2D eigenvalue weighted by Crippen LogP contribution is -2.28. The maximum atomic E-state index is 12.3. The Morgan fingerprint density at radius 2 is 1.88 bits per heavy atom. The third kappa shape index (κ3) is 4.57. The zero-order valence-corrected chi connectivity index (χ0v) is 14.1. The maximum Gasteiger partial charge on any atom is 0.253 e. The number of benzene rings is 1. The first-order valence-corrected chi connectivity index (χ1v) is 8.95. The minimum absolute atomic E-state index is 0.0720. The van der Waals surface area contributed by atoms with Gasteiger partial charge in [0, 0.05) is 44.8 Å². The first kappa shape index (κ1) is 17.0. The van der Waals surface area contributed by atoms with Gasteiger partial charge < -0.3 is 15.0 Å². The molecule has 2 aliphatic heterocycles. The Balaban J connectivity index is 1.45. The van der Waals surface area contributed by atoms with Crippen molar-refractivity contribution in [3.8, 4) is 0 Å². The molecule has 2 fully saturated rings. The zero-order chi connectivity index (χ0) is 16.8. The second-order valence-electron chi connectivity index (χ2n) is 6.76. The van der Waals surface area contributed by atoms with Crippen LogP contribution in [0.4, 0.5) is 0 Å². The topological polar surface area (TPSA) is 58.6 Å². The van der Waals surface area contributed by atoms with Crippen LogP contribution in [0, 0.1) is 5.92 Å². The number of likely N-dealkylation sites (tertiary alicyclic amines) is 1. The summed E-state index contributed by atoms with van der Waals surface area (Å²) in [6.07, 6.45) is 4.85. The van der Waals surface area contributed by atoms with Crippen molar-refractivity contribution in [2.75, 3.05) is 26.3 Å². The lowest BCUT2D eigenvalue weighted by atomic mass is 9.98. The zero-order valence-electron chi connectivity index (χ0n) is 14.1. The van der Waals surface area contributed by atoms with Crippen LogP contribution >= 0.6 is 0 Å². The highest BCUT2D eigenvalue weighted by Gasteiger charge is 2.19. The van der Waals surface area contributed by atoms with E-state index in [2.05, 4.69) is 5.32 Å². The molecule has 1 atom stereocenters. The van der Waals surface area contributed by atoms with Gasteiger partial charge in [0.25, 0.3) is 5.91 Å². The van der Waals surface area contributed by atoms with E-state index in [0.29, 0.717) is 25.5 Å². The maximum absolute atomic E-state index is 12.3. The molecule has 2 heterocycles. The molecule has 3 rings (SSSR count). The smallest absolute Gasteiger partial charge is 0.253 e. The molecule has 2 aliphatic rings. The number of hydrogen-bond donors (Lipinski definition) is 1. The normalized spacial score (nSPS) is 20.8. The Bertz CT molecular complexity index is 558. The summed E-state index contributed by atoms with van der Waals surface area (Å²) in [6, 6.07) is 7.56. The molecule has 2 saturated heterocycles. The first-order chi connectivity index (χ1) is 11.7. The minimum atomic E-state index is 0.0720. The van der Waals surface area contributed by atoms with Crippen molar-refractivity contribution >= 4 is 11.8 Å². The van der Waals surface area contributed by atoms with E-state index in [4.69, 9.17) is 4.74 Å². The van der Waals surface area contributed by atoms with Gasteiger partial charge in [-0.05, 0) is 49.3 Å². The van der Waals surface area contributed by atoms with E-state index in [1.807, 2.05) is 29.2 Å². The van der Waals surface area contributed by atoms with Gasteiger partial charge in [0.05, 0.1) is 0 Å². The SMILES string of the molecule is O=C(CC1CCCOC1)NCc1ccc(C(=O)N2CCCC2)cc1. The number of ether oxygens (including phenoxy) is 1. The fraction of sp³-hybridized carbons (Fsp3) is 0.579. The Labute approximate surface area is 143 Å². The number of nitrogens with one attached hydrogen (secondary N) is 1. The molecule has 0 spiro atoms. The highest BCUT2D eigenvalue weighted by atomic mass is 16.5. The van der Waals surface area contributed by atoms with Crippen molar-refractivity contribution in [3.05, 3.63) is 35.4 Å². The molecular formula is C19H26N2O3. The number of carbonyl (C=O) groups excluding carboxylic acids is 2. The number of rotatable bonds is 5. The first-order valence-electron chi connectivity index (χ1n) is 8.95. The molecule has 24 heavy (non-hydrogen) atoms. The lowest BCUT2D eigenvalue weighted by molar-refractivity contribution is -0.123. The van der Waals surface area contributed by atoms with Crippen molar-refractivity contribution in [3.63, 3.8) is 0 Å². The van der Waals surface area contributed by atoms with Crippen LogP contribution < -0.4 is 5.32 Å². The van der Waals surface area contributed by atoms with Crippen molar-refractivity contribution < 1.29 is 14.3 Å². The Morgan fingerprint density at radius 1 is 1.12 bits per heavy atom. The van der Waals surface area contributed by atoms with E-state index in [-0.39, 0.29) is 11.8 Å². The van der Waals surface area contributed by atoms with Crippen LogP contribution in [-0.2, 0) is 16.1 Å². The molecule has 1 aromatic carbocycles. The van der Waals surface area contributed by atoms with Gasteiger partial charge in [0.15, 0.2) is 0 Å². The highest BCUT2D eigenvalue weighted by Crippen LogP contribution is 2.17. The van der Waals surface area contributed by atoms with E-state index >= 15 is 0 Å². The fourth-order valence-electron chi connectivity index (χ4n) is 3.37. The molecule has 1 unspecified atom stereocenters. The van der Waals surface area contributed by atoms with Crippen LogP contribution in [0.5, 0.6) is 0 Å². The van der Waals surface area contributed by atoms with Gasteiger partial charge in [-0.3, -0.25) is 9.59 Å². The second-order valence-corrected chi connectivity index (χ2v) is 6.76. The molecular weight excluding hydrogens is 304 g/mol. The molecule has 0 aliphatic carbocycles. The van der Waals surface area contributed by atoms with Gasteiger partial charge in [-0.15, -0.1) is 0 Å². The quantitative estimate of drug-likeness (QED) is 0.901. The molecule has 5 heteroatoms. The number of nitrogens with zero attached hydrogens (tertiary/aromatic N) is 1. The van der Waals surface area contributed by atoms with Crippen LogP contribution in [0.25, 0.3) is 0 Å². The third-order valence-electron chi connectivity index (χ3n) is 4.81. The molecule has 0 saturated carbocycles. The van der Waals surface area contributed by atoms with Crippen LogP contribution in [-0.4, -0.2) is 43.0 Å². The molecule has 2 amide bonds. The Kier molecular flexibility index (Phi) is 5.86. The van der Waals surface area contributed by atoms with Crippen molar-refractivity contribution in [1.82, 2.24) is 10.2 Å². The summed E-state index contributed by atoms with van der Waals surface area (Å²) in [5, 5.41) is 2.96. The van der Waals surface area contributed by atoms with Gasteiger partial charge in [0.1, 0.15) is 0 Å². The average Bonchev–Trinajstić information content (AvgIpc) is 3.15. The standard InChI is InChI=1S/C19H26N2O3/c22-18(12-16-4-3-11-24-14-16)20-13-15-5-7-17(8-6-15)19(23)21-9-1-2-10-21/h5-8,16H,1-4,9-14H2,(H,20,22). The van der Waals surface area contributed by atoms with Crippen LogP contribution in [0.2, 0.25) is 0 Å². The van der Waals surface area contributed by atoms with Crippen molar-refractivity contribution in [1.29, 1.82) is 0 Å². The van der Waals surface area contributed by atoms with E-state index < -0.39 is 0 Å². The van der Waals surface area contributed by atoms with Crippen LogP contribution in [0.15, 0.2) is 24.3 Å². The summed E-state index contributed by atoms with van der Waals surface area (Å²) < 4.78 is 5.41. The van der Waals surface area contributed by atoms with Gasteiger partial charge in [-0.25, -0.2) is 0 Å². The largest absolute Gasteiger partial charge is 0.381 e. The lowest BCUT2D eigenvalue weighted by Gasteiger charge is -2.21. The number of amides is 2. The van der Waals surface area contributed by atoms with Crippen LogP contribution in [0.3, 0.4) is 0 Å². The molecule has 1 aromatic rings. The summed E-state index contributed by atoms with van der Waals surface area (Å²) in [5.41, 5.74) is 1.74. The third-order valence-corrected chi connectivity index (χ3v) is 4.81. The number of hydrogen-bond acceptors (Lipinski definition) is 3. The summed E-state index contributed by atoms with van der Waals surface area (Å²) in [6.45, 7) is 3.75. The minimum Gasteiger partial charge on any atom is -0.381 e. The summed E-state index contributed by atoms with van der Waals surface area (Å²) in [5.74, 6) is 0.530. The van der Waals surface area contributed by atoms with Gasteiger partial charge in [-0.2, -0.15) is 0 Å². The fourth-order valence-corrected chi connectivity index (χ4v) is 3.37. The predicted molar refractivity (Wildman–Crippen MR) is 91.6 cm³/mol. The molecule has 1 N–H and O–H groups in total. The van der Waals surface area contributed by atoms with E-state index in [1.54, 1.807) is 0 Å². The Morgan fingerprint density at radius 3 is 2.54 bits per heavy atom. The Hall–Kier alpha value is -1.88. The molecule has 0 bridgehead atoms. The summed E-state index contributed by atoms with van der Waals surface area (Å²) in [4.78, 5) is 26.2. The van der Waals surface area contributed by atoms with Crippen molar-refractivity contribution in [2.45, 2.75) is 38.6 Å². The van der Waals surface area contributed by atoms with Gasteiger partial charge >= 0.3 is 0 Å². The summed E-state index contributed by atoms with van der Waals surface area (Å²) >= 11 is 0. The van der Waals surface area contributed by atoms with Gasteiger partial charge in [-0.1, -0.05) is 12.1 Å². The van der Waals surface area contributed by atoms with E-state index in [0.717, 1.165) is 56.5 Å². The second kappa shape index (κ2) is 8.29. The predicted octanol–water partition coefficient (Wildman–Crippen LogP) is 2.36. The monoisotopic (exact) mass is 330 g/mol. The van der Waals surface area contributed by atoms with E-state index in [9.17, 15) is 9.59 Å². The van der Waals surface area contributed by atoms with Crippen LogP contribution in [0.1, 0.15) is 48.0 Å². The molecule has 130 valence electrons. The molecule has 5 nitrogen and oxygen atoms in total.